The Bertz CT molecular complexity index is 1210. The molecule has 1 atom stereocenters. The number of amides is 1. The van der Waals surface area contributed by atoms with Crippen LogP contribution in [0.2, 0.25) is 0 Å². The van der Waals surface area contributed by atoms with E-state index in [2.05, 4.69) is 20.4 Å². The number of aliphatic hydroxyl groups excluding tert-OH is 1. The van der Waals surface area contributed by atoms with Gasteiger partial charge in [0.25, 0.3) is 5.91 Å². The van der Waals surface area contributed by atoms with Crippen molar-refractivity contribution in [2.45, 2.75) is 12.5 Å². The topological polar surface area (TPSA) is 115 Å². The Morgan fingerprint density at radius 2 is 2.09 bits per heavy atom. The van der Waals surface area contributed by atoms with Gasteiger partial charge in [-0.1, -0.05) is 0 Å². The molecule has 3 aromatic rings. The summed E-state index contributed by atoms with van der Waals surface area (Å²) in [4.78, 5) is 16.2. The van der Waals surface area contributed by atoms with E-state index in [1.807, 2.05) is 13.1 Å². The molecule has 1 aromatic heterocycles. The van der Waals surface area contributed by atoms with E-state index in [4.69, 9.17) is 19.3 Å². The number of rotatable bonds is 6. The number of carbonyl (C=O) groups is 1. The highest BCUT2D eigenvalue weighted by atomic mass is 16.7. The van der Waals surface area contributed by atoms with Crippen LogP contribution in [0.15, 0.2) is 30.3 Å². The van der Waals surface area contributed by atoms with E-state index in [1.54, 1.807) is 43.1 Å². The van der Waals surface area contributed by atoms with Crippen molar-refractivity contribution < 1.29 is 24.1 Å². The van der Waals surface area contributed by atoms with E-state index in [-0.39, 0.29) is 31.9 Å². The van der Waals surface area contributed by atoms with Crippen molar-refractivity contribution in [3.63, 3.8) is 0 Å². The molecule has 0 saturated carbocycles. The van der Waals surface area contributed by atoms with Crippen molar-refractivity contribution in [1.29, 1.82) is 0 Å². The van der Waals surface area contributed by atoms with Gasteiger partial charge in [0.1, 0.15) is 6.04 Å². The molecule has 0 radical (unpaired) electrons. The number of carbonyl (C=O) groups excluding carboxylic acids is 1. The molecule has 5 rings (SSSR count). The van der Waals surface area contributed by atoms with Gasteiger partial charge in [-0.25, -0.2) is 0 Å². The molecule has 0 bridgehead atoms. The minimum Gasteiger partial charge on any atom is -0.492 e. The fraction of sp³-hybridized carbons (Fsp3) is 0.391. The van der Waals surface area contributed by atoms with Crippen LogP contribution in [-0.2, 0) is 6.42 Å². The van der Waals surface area contributed by atoms with E-state index >= 15 is 0 Å². The molecule has 3 heterocycles. The Kier molecular flexibility index (Phi) is 5.80. The highest BCUT2D eigenvalue weighted by Gasteiger charge is 2.37. The van der Waals surface area contributed by atoms with E-state index in [0.29, 0.717) is 28.6 Å². The third kappa shape index (κ3) is 3.62. The Balaban J connectivity index is 1.54. The third-order valence-electron chi connectivity index (χ3n) is 6.27. The quantitative estimate of drug-likeness (QED) is 0.569. The number of benzene rings is 2. The van der Waals surface area contributed by atoms with E-state index in [9.17, 15) is 4.79 Å². The summed E-state index contributed by atoms with van der Waals surface area (Å²) in [5, 5.41) is 21.7. The molecule has 11 heteroatoms. The Labute approximate surface area is 196 Å². The van der Waals surface area contributed by atoms with Crippen molar-refractivity contribution in [2.24, 2.45) is 0 Å². The fourth-order valence-corrected chi connectivity index (χ4v) is 4.52. The van der Waals surface area contributed by atoms with Crippen molar-refractivity contribution in [3.8, 4) is 22.9 Å². The predicted octanol–water partition coefficient (Wildman–Crippen LogP) is 1.04. The molecular weight excluding hydrogens is 440 g/mol. The average Bonchev–Trinajstić information content (AvgIpc) is 3.52. The van der Waals surface area contributed by atoms with Crippen LogP contribution in [0.25, 0.3) is 5.69 Å². The number of likely N-dealkylation sites (N-methyl/N-ethyl adjacent to an activating group) is 2. The molecule has 11 nitrogen and oxygen atoms in total. The van der Waals surface area contributed by atoms with Gasteiger partial charge in [-0.05, 0) is 59.8 Å². The lowest BCUT2D eigenvalue weighted by atomic mass is 9.90. The van der Waals surface area contributed by atoms with Crippen LogP contribution >= 0.6 is 0 Å². The van der Waals surface area contributed by atoms with Gasteiger partial charge >= 0.3 is 0 Å². The summed E-state index contributed by atoms with van der Waals surface area (Å²) < 4.78 is 18.8. The zero-order valence-electron chi connectivity index (χ0n) is 19.3. The molecule has 2 aliphatic heterocycles. The average molecular weight is 466 g/mol. The molecule has 1 unspecified atom stereocenters. The molecule has 1 N–H and O–H groups in total. The lowest BCUT2D eigenvalue weighted by molar-refractivity contribution is 0.0767. The first-order valence-corrected chi connectivity index (χ1v) is 11.0. The summed E-state index contributed by atoms with van der Waals surface area (Å²) in [5.74, 6) is 2.36. The van der Waals surface area contributed by atoms with Gasteiger partial charge in [0.15, 0.2) is 17.3 Å². The third-order valence-corrected chi connectivity index (χ3v) is 6.27. The number of aromatic nitrogens is 4. The SMILES string of the molecule is COc1c2c(cc3c1C(c1nnnn1-c1ccc(C(=O)N(C)CCO)cc1)N(C)CC3)OCO2. The number of aliphatic hydroxyl groups is 1. The van der Waals surface area contributed by atoms with Gasteiger partial charge in [0.05, 0.1) is 19.4 Å². The fourth-order valence-electron chi connectivity index (χ4n) is 4.52. The van der Waals surface area contributed by atoms with Crippen LogP contribution in [0.1, 0.15) is 33.4 Å². The van der Waals surface area contributed by atoms with Gasteiger partial charge in [0.2, 0.25) is 12.5 Å². The van der Waals surface area contributed by atoms with Gasteiger partial charge in [-0.15, -0.1) is 5.10 Å². The normalized spacial score (nSPS) is 16.9. The smallest absolute Gasteiger partial charge is 0.253 e. The lowest BCUT2D eigenvalue weighted by Crippen LogP contribution is -2.35. The molecule has 1 amide bonds. The number of ether oxygens (including phenoxy) is 3. The molecule has 0 aliphatic carbocycles. The van der Waals surface area contributed by atoms with Crippen molar-refractivity contribution in [2.75, 3.05) is 47.7 Å². The van der Waals surface area contributed by atoms with E-state index < -0.39 is 0 Å². The predicted molar refractivity (Wildman–Crippen MR) is 120 cm³/mol. The lowest BCUT2D eigenvalue weighted by Gasteiger charge is -2.34. The minimum absolute atomic E-state index is 0.0888. The van der Waals surface area contributed by atoms with Crippen molar-refractivity contribution >= 4 is 5.91 Å². The van der Waals surface area contributed by atoms with Crippen LogP contribution in [-0.4, -0.2) is 88.7 Å². The molecule has 178 valence electrons. The summed E-state index contributed by atoms with van der Waals surface area (Å²) in [7, 11) is 5.30. The molecule has 2 aromatic carbocycles. The highest BCUT2D eigenvalue weighted by Crippen LogP contribution is 2.50. The second-order valence-electron chi connectivity index (χ2n) is 8.30. The monoisotopic (exact) mass is 466 g/mol. The molecular formula is C23H26N6O5. The van der Waals surface area contributed by atoms with Gasteiger partial charge in [0, 0.05) is 31.3 Å². The second kappa shape index (κ2) is 8.92. The maximum absolute atomic E-state index is 12.5. The number of tetrazole rings is 1. The number of hydrogen-bond donors (Lipinski definition) is 1. The number of hydrogen-bond acceptors (Lipinski definition) is 9. The Hall–Kier alpha value is -3.70. The first kappa shape index (κ1) is 22.1. The molecule has 0 fully saturated rings. The molecule has 0 saturated heterocycles. The summed E-state index contributed by atoms with van der Waals surface area (Å²) >= 11 is 0. The molecule has 0 spiro atoms. The van der Waals surface area contributed by atoms with Gasteiger partial charge in [-0.2, -0.15) is 4.68 Å². The zero-order chi connectivity index (χ0) is 23.8. The minimum atomic E-state index is -0.278. The summed E-state index contributed by atoms with van der Waals surface area (Å²) in [6.07, 6.45) is 0.828. The van der Waals surface area contributed by atoms with E-state index in [1.165, 1.54) is 4.90 Å². The van der Waals surface area contributed by atoms with Crippen LogP contribution in [0.5, 0.6) is 17.2 Å². The first-order chi connectivity index (χ1) is 16.5. The van der Waals surface area contributed by atoms with Crippen molar-refractivity contribution in [3.05, 3.63) is 52.8 Å². The second-order valence-corrected chi connectivity index (χ2v) is 8.30. The summed E-state index contributed by atoms with van der Waals surface area (Å²) in [6.45, 7) is 1.14. The van der Waals surface area contributed by atoms with Crippen molar-refractivity contribution in [1.82, 2.24) is 30.0 Å². The Morgan fingerprint density at radius 3 is 2.82 bits per heavy atom. The maximum atomic E-state index is 12.5. The summed E-state index contributed by atoms with van der Waals surface area (Å²) in [5.41, 5.74) is 3.30. The van der Waals surface area contributed by atoms with Gasteiger partial charge < -0.3 is 24.2 Å². The van der Waals surface area contributed by atoms with Crippen LogP contribution in [0, 0.1) is 0 Å². The number of methoxy groups -OCH3 is 1. The van der Waals surface area contributed by atoms with Crippen LogP contribution in [0.4, 0.5) is 0 Å². The van der Waals surface area contributed by atoms with Crippen LogP contribution < -0.4 is 14.2 Å². The molecule has 2 aliphatic rings. The molecule has 34 heavy (non-hydrogen) atoms. The largest absolute Gasteiger partial charge is 0.492 e. The first-order valence-electron chi connectivity index (χ1n) is 11.0. The standard InChI is InChI=1S/C23H26N6O5/c1-27-9-8-15-12-17-20(34-13-33-17)21(32-3)18(15)19(27)22-24-25-26-29(22)16-6-4-14(5-7-16)23(31)28(2)10-11-30/h4-7,12,19,30H,8-11,13H2,1-3H3. The zero-order valence-corrected chi connectivity index (χ0v) is 19.3. The maximum Gasteiger partial charge on any atom is 0.253 e. The highest BCUT2D eigenvalue weighted by molar-refractivity contribution is 5.94. The Morgan fingerprint density at radius 1 is 1.29 bits per heavy atom. The van der Waals surface area contributed by atoms with E-state index in [0.717, 1.165) is 29.8 Å². The number of fused-ring (bicyclic) bond motifs is 2. The summed E-state index contributed by atoms with van der Waals surface area (Å²) in [6, 6.07) is 8.81. The number of nitrogens with zero attached hydrogens (tertiary/aromatic N) is 6. The van der Waals surface area contributed by atoms with Gasteiger partial charge in [-0.3, -0.25) is 9.69 Å². The van der Waals surface area contributed by atoms with Crippen LogP contribution in [0.3, 0.4) is 0 Å².